The van der Waals surface area contributed by atoms with Crippen LogP contribution in [0.1, 0.15) is 36.4 Å². The van der Waals surface area contributed by atoms with Crippen molar-refractivity contribution in [1.29, 1.82) is 0 Å². The number of nitrogens with zero attached hydrogens (tertiary/aromatic N) is 3. The van der Waals surface area contributed by atoms with Crippen molar-refractivity contribution in [2.24, 2.45) is 0 Å². The number of hydrogen-bond donors (Lipinski definition) is 1. The van der Waals surface area contributed by atoms with Gasteiger partial charge < -0.3 is 9.84 Å². The van der Waals surface area contributed by atoms with E-state index < -0.39 is 45.8 Å². The van der Waals surface area contributed by atoms with Crippen molar-refractivity contribution in [3.05, 3.63) is 114 Å². The zero-order valence-electron chi connectivity index (χ0n) is 20.9. The van der Waals surface area contributed by atoms with Crippen LogP contribution in [-0.2, 0) is 12.2 Å². The van der Waals surface area contributed by atoms with Gasteiger partial charge in [0.25, 0.3) is 11.1 Å². The van der Waals surface area contributed by atoms with Crippen molar-refractivity contribution in [3.63, 3.8) is 0 Å². The van der Waals surface area contributed by atoms with E-state index in [0.717, 1.165) is 15.3 Å². The summed E-state index contributed by atoms with van der Waals surface area (Å²) in [4.78, 5) is 30.0. The second-order valence-electron chi connectivity index (χ2n) is 9.20. The normalized spacial score (nSPS) is 11.6. The van der Waals surface area contributed by atoms with Crippen LogP contribution in [0.25, 0.3) is 11.4 Å². The van der Waals surface area contributed by atoms with Crippen molar-refractivity contribution in [2.45, 2.75) is 39.9 Å². The molecule has 0 aliphatic carbocycles. The fourth-order valence-electron chi connectivity index (χ4n) is 4.02. The molecule has 3 aromatic heterocycles. The van der Waals surface area contributed by atoms with Crippen LogP contribution in [0.4, 0.5) is 13.2 Å². The molecule has 0 radical (unpaired) electrons. The molecule has 0 saturated carbocycles. The Morgan fingerprint density at radius 1 is 1.08 bits per heavy atom. The lowest BCUT2D eigenvalue weighted by atomic mass is 10.00. The van der Waals surface area contributed by atoms with E-state index in [1.54, 1.807) is 13.0 Å². The van der Waals surface area contributed by atoms with Crippen LogP contribution >= 0.6 is 11.6 Å². The Bertz CT molecular complexity index is 1680. The molecule has 7 nitrogen and oxygen atoms in total. The smallest absolute Gasteiger partial charge is 0.278 e. The molecule has 0 fully saturated rings. The quantitative estimate of drug-likeness (QED) is 0.373. The zero-order valence-corrected chi connectivity index (χ0v) is 21.6. The van der Waals surface area contributed by atoms with Crippen LogP contribution in [0.15, 0.2) is 58.4 Å². The number of aliphatic hydroxyl groups is 1. The summed E-state index contributed by atoms with van der Waals surface area (Å²) in [6.07, 6.45) is 2.19. The molecular weight excluding hydrogens is 523 g/mol. The van der Waals surface area contributed by atoms with Crippen LogP contribution in [0.2, 0.25) is 5.02 Å². The zero-order chi connectivity index (χ0) is 27.9. The second-order valence-corrected chi connectivity index (χ2v) is 9.57. The predicted octanol–water partition coefficient (Wildman–Crippen LogP) is 4.88. The van der Waals surface area contributed by atoms with Gasteiger partial charge in [-0.1, -0.05) is 17.7 Å². The Labute approximate surface area is 220 Å². The highest BCUT2D eigenvalue weighted by Crippen LogP contribution is 2.29. The van der Waals surface area contributed by atoms with E-state index in [4.69, 9.17) is 16.3 Å². The van der Waals surface area contributed by atoms with E-state index in [-0.39, 0.29) is 34.1 Å². The van der Waals surface area contributed by atoms with Gasteiger partial charge in [-0.05, 0) is 51.5 Å². The summed E-state index contributed by atoms with van der Waals surface area (Å²) in [5.41, 5.74) is -2.69. The average molecular weight is 546 g/mol. The second kappa shape index (κ2) is 10.1. The van der Waals surface area contributed by atoms with E-state index in [2.05, 4.69) is 4.98 Å². The monoisotopic (exact) mass is 545 g/mol. The SMILES string of the molecule is Cc1ccc(-n2cccc(C(C)(C)O)c2=O)c(F)c1-n1c(C)cc(OCc2ncc(F)cc2F)c(Cl)c1=O. The molecule has 0 saturated heterocycles. The maximum atomic E-state index is 16.0. The average Bonchev–Trinajstić information content (AvgIpc) is 2.83. The molecule has 11 heteroatoms. The van der Waals surface area contributed by atoms with Crippen LogP contribution in [-0.4, -0.2) is 19.2 Å². The summed E-state index contributed by atoms with van der Waals surface area (Å²) < 4.78 is 50.6. The summed E-state index contributed by atoms with van der Waals surface area (Å²) in [7, 11) is 0. The molecule has 198 valence electrons. The van der Waals surface area contributed by atoms with Crippen molar-refractivity contribution >= 4 is 11.6 Å². The number of pyridine rings is 3. The summed E-state index contributed by atoms with van der Waals surface area (Å²) >= 11 is 6.27. The third kappa shape index (κ3) is 4.97. The molecule has 0 unspecified atom stereocenters. The molecule has 38 heavy (non-hydrogen) atoms. The highest BCUT2D eigenvalue weighted by molar-refractivity contribution is 6.31. The fourth-order valence-corrected chi connectivity index (χ4v) is 4.21. The first kappa shape index (κ1) is 27.2. The molecular formula is C27H23ClF3N3O4. The molecule has 1 aromatic carbocycles. The lowest BCUT2D eigenvalue weighted by Gasteiger charge is -2.20. The molecule has 0 amide bonds. The van der Waals surface area contributed by atoms with E-state index in [1.165, 1.54) is 51.2 Å². The molecule has 0 aliphatic rings. The van der Waals surface area contributed by atoms with Gasteiger partial charge in [-0.3, -0.25) is 23.7 Å². The van der Waals surface area contributed by atoms with Gasteiger partial charge in [0.05, 0.1) is 23.2 Å². The number of benzene rings is 1. The first-order chi connectivity index (χ1) is 17.8. The number of ether oxygens (including phenoxy) is 1. The first-order valence-corrected chi connectivity index (χ1v) is 11.8. The lowest BCUT2D eigenvalue weighted by molar-refractivity contribution is 0.0767. The molecule has 4 rings (SSSR count). The Balaban J connectivity index is 1.81. The van der Waals surface area contributed by atoms with Crippen LogP contribution in [0.5, 0.6) is 5.75 Å². The van der Waals surface area contributed by atoms with Crippen molar-refractivity contribution in [2.75, 3.05) is 0 Å². The van der Waals surface area contributed by atoms with Crippen molar-refractivity contribution in [1.82, 2.24) is 14.1 Å². The standard InChI is InChI=1S/C27H23ClF3N3O4/c1-14-7-8-20(33-9-5-6-17(25(33)35)27(3,4)37)23(31)24(14)34-15(2)10-21(22(28)26(34)36)38-13-19-18(30)11-16(29)12-32-19/h5-12,37H,13H2,1-4H3. The molecule has 0 aliphatic heterocycles. The van der Waals surface area contributed by atoms with Crippen LogP contribution < -0.4 is 15.9 Å². The van der Waals surface area contributed by atoms with Gasteiger partial charge in [0.1, 0.15) is 28.9 Å². The lowest BCUT2D eigenvalue weighted by Crippen LogP contribution is -2.31. The maximum Gasteiger partial charge on any atom is 0.278 e. The van der Waals surface area contributed by atoms with E-state index >= 15 is 4.39 Å². The minimum atomic E-state index is -1.46. The highest BCUT2D eigenvalue weighted by Gasteiger charge is 2.24. The Hall–Kier alpha value is -3.89. The number of hydrogen-bond acceptors (Lipinski definition) is 5. The highest BCUT2D eigenvalue weighted by atomic mass is 35.5. The Morgan fingerprint density at radius 3 is 2.45 bits per heavy atom. The molecule has 1 N–H and O–H groups in total. The molecule has 4 aromatic rings. The Morgan fingerprint density at radius 2 is 1.79 bits per heavy atom. The van der Waals surface area contributed by atoms with E-state index in [1.807, 2.05) is 0 Å². The van der Waals surface area contributed by atoms with Gasteiger partial charge in [-0.25, -0.2) is 13.2 Å². The summed E-state index contributed by atoms with van der Waals surface area (Å²) in [6, 6.07) is 7.92. The van der Waals surface area contributed by atoms with Gasteiger partial charge >= 0.3 is 0 Å². The topological polar surface area (TPSA) is 86.3 Å². The molecule has 3 heterocycles. The van der Waals surface area contributed by atoms with Crippen molar-refractivity contribution < 1.29 is 23.0 Å². The minimum absolute atomic E-state index is 0.0616. The third-order valence-electron chi connectivity index (χ3n) is 5.94. The van der Waals surface area contributed by atoms with Gasteiger partial charge in [-0.2, -0.15) is 0 Å². The Kier molecular flexibility index (Phi) is 7.22. The van der Waals surface area contributed by atoms with Gasteiger partial charge in [0, 0.05) is 29.6 Å². The number of rotatable bonds is 6. The van der Waals surface area contributed by atoms with E-state index in [9.17, 15) is 23.5 Å². The largest absolute Gasteiger partial charge is 0.485 e. The number of aryl methyl sites for hydroxylation is 2. The summed E-state index contributed by atoms with van der Waals surface area (Å²) in [6.45, 7) is 5.57. The summed E-state index contributed by atoms with van der Waals surface area (Å²) in [5, 5.41) is 9.94. The van der Waals surface area contributed by atoms with Gasteiger partial charge in [0.15, 0.2) is 11.6 Å². The first-order valence-electron chi connectivity index (χ1n) is 11.4. The number of halogens is 4. The van der Waals surface area contributed by atoms with Crippen LogP contribution in [0, 0.1) is 31.3 Å². The molecule has 0 bridgehead atoms. The molecule has 0 spiro atoms. The summed E-state index contributed by atoms with van der Waals surface area (Å²) in [5.74, 6) is -2.74. The van der Waals surface area contributed by atoms with Gasteiger partial charge in [-0.15, -0.1) is 0 Å². The maximum absolute atomic E-state index is 16.0. The fraction of sp³-hybridized carbons (Fsp3) is 0.222. The predicted molar refractivity (Wildman–Crippen MR) is 136 cm³/mol. The minimum Gasteiger partial charge on any atom is -0.485 e. The number of aromatic nitrogens is 3. The van der Waals surface area contributed by atoms with E-state index in [0.29, 0.717) is 11.6 Å². The molecule has 0 atom stereocenters. The van der Waals surface area contributed by atoms with Crippen molar-refractivity contribution in [3.8, 4) is 17.1 Å². The van der Waals surface area contributed by atoms with Gasteiger partial charge in [0.2, 0.25) is 0 Å². The third-order valence-corrected chi connectivity index (χ3v) is 6.28. The van der Waals surface area contributed by atoms with Crippen LogP contribution in [0.3, 0.4) is 0 Å².